The van der Waals surface area contributed by atoms with Gasteiger partial charge in [-0.1, -0.05) is 0 Å². The van der Waals surface area contributed by atoms with E-state index in [1.54, 1.807) is 0 Å². The lowest BCUT2D eigenvalue weighted by Gasteiger charge is -2.23. The number of urea groups is 1. The van der Waals surface area contributed by atoms with E-state index in [9.17, 15) is 9.59 Å². The van der Waals surface area contributed by atoms with E-state index in [0.29, 0.717) is 0 Å². The number of rotatable bonds is 2. The first-order valence-electron chi connectivity index (χ1n) is 4.03. The van der Waals surface area contributed by atoms with Crippen molar-refractivity contribution >= 4 is 11.9 Å². The maximum absolute atomic E-state index is 11.3. The minimum Gasteiger partial charge on any atom is -0.328 e. The third-order valence-electron chi connectivity index (χ3n) is 2.57. The van der Waals surface area contributed by atoms with Crippen LogP contribution >= 0.6 is 0 Å². The second kappa shape index (κ2) is 2.20. The molecule has 0 unspecified atom stereocenters. The van der Waals surface area contributed by atoms with Gasteiger partial charge in [-0.2, -0.15) is 0 Å². The Hall–Kier alpha value is -1.10. The fraction of sp³-hybridized carbons (Fsp3) is 0.714. The van der Waals surface area contributed by atoms with Crippen molar-refractivity contribution < 1.29 is 9.59 Å². The molecule has 1 aliphatic carbocycles. The van der Waals surface area contributed by atoms with Gasteiger partial charge in [0.1, 0.15) is 5.54 Å². The summed E-state index contributed by atoms with van der Waals surface area (Å²) >= 11 is 0. The number of hydrogen-bond donors (Lipinski definition) is 3. The van der Waals surface area contributed by atoms with Crippen LogP contribution in [0.2, 0.25) is 0 Å². The Morgan fingerprint density at radius 3 is 2.50 bits per heavy atom. The Kier molecular flexibility index (Phi) is 1.38. The van der Waals surface area contributed by atoms with Crippen LogP contribution in [0.1, 0.15) is 12.8 Å². The number of nitrogens with two attached hydrogens (primary N) is 1. The summed E-state index contributed by atoms with van der Waals surface area (Å²) in [4.78, 5) is 22.2. The quantitative estimate of drug-likeness (QED) is 0.460. The van der Waals surface area contributed by atoms with Gasteiger partial charge in [-0.15, -0.1) is 0 Å². The van der Waals surface area contributed by atoms with Crippen molar-refractivity contribution in [2.24, 2.45) is 11.7 Å². The first-order valence-corrected chi connectivity index (χ1v) is 4.03. The summed E-state index contributed by atoms with van der Waals surface area (Å²) < 4.78 is 0. The zero-order chi connectivity index (χ0) is 8.77. The highest BCUT2D eigenvalue weighted by molar-refractivity contribution is 6.07. The summed E-state index contributed by atoms with van der Waals surface area (Å²) in [6.07, 6.45) is 1.95. The summed E-state index contributed by atoms with van der Waals surface area (Å²) in [5, 5.41) is 4.82. The molecule has 0 bridgehead atoms. The van der Waals surface area contributed by atoms with Crippen LogP contribution in [-0.4, -0.2) is 24.0 Å². The fourth-order valence-corrected chi connectivity index (χ4v) is 1.68. The van der Waals surface area contributed by atoms with Crippen molar-refractivity contribution in [2.45, 2.75) is 18.4 Å². The number of imide groups is 1. The molecule has 0 radical (unpaired) electrons. The number of nitrogens with one attached hydrogen (secondary N) is 2. The highest BCUT2D eigenvalue weighted by Crippen LogP contribution is 2.40. The molecule has 1 aliphatic heterocycles. The maximum Gasteiger partial charge on any atom is 0.322 e. The first-order chi connectivity index (χ1) is 5.69. The van der Waals surface area contributed by atoms with E-state index in [-0.39, 0.29) is 18.4 Å². The Labute approximate surface area is 69.7 Å². The van der Waals surface area contributed by atoms with E-state index in [1.807, 2.05) is 0 Å². The molecule has 12 heavy (non-hydrogen) atoms. The lowest BCUT2D eigenvalue weighted by atomic mass is 9.94. The lowest BCUT2D eigenvalue weighted by Crippen LogP contribution is -2.54. The molecule has 2 rings (SSSR count). The average molecular weight is 169 g/mol. The van der Waals surface area contributed by atoms with E-state index >= 15 is 0 Å². The molecular weight excluding hydrogens is 158 g/mol. The molecule has 2 aliphatic rings. The molecule has 5 heteroatoms. The van der Waals surface area contributed by atoms with Crippen LogP contribution in [0.25, 0.3) is 0 Å². The monoisotopic (exact) mass is 169 g/mol. The molecule has 66 valence electrons. The fourth-order valence-electron chi connectivity index (χ4n) is 1.68. The van der Waals surface area contributed by atoms with Crippen molar-refractivity contribution in [3.05, 3.63) is 0 Å². The van der Waals surface area contributed by atoms with Crippen molar-refractivity contribution in [1.29, 1.82) is 0 Å². The summed E-state index contributed by atoms with van der Waals surface area (Å²) in [5.74, 6) is -0.0218. The third-order valence-corrected chi connectivity index (χ3v) is 2.57. The van der Waals surface area contributed by atoms with Crippen LogP contribution in [0.4, 0.5) is 4.79 Å². The lowest BCUT2D eigenvalue weighted by molar-refractivity contribution is -0.124. The summed E-state index contributed by atoms with van der Waals surface area (Å²) in [5.41, 5.74) is 4.69. The molecule has 0 aromatic heterocycles. The van der Waals surface area contributed by atoms with E-state index in [2.05, 4.69) is 10.6 Å². The highest BCUT2D eigenvalue weighted by atomic mass is 16.2. The zero-order valence-electron chi connectivity index (χ0n) is 6.59. The second-order valence-electron chi connectivity index (χ2n) is 3.36. The number of carbonyl (C=O) groups is 2. The number of amides is 3. The molecule has 3 amide bonds. The van der Waals surface area contributed by atoms with Gasteiger partial charge in [0, 0.05) is 6.54 Å². The van der Waals surface area contributed by atoms with Gasteiger partial charge in [0.05, 0.1) is 0 Å². The molecule has 1 saturated carbocycles. The van der Waals surface area contributed by atoms with Crippen LogP contribution in [0.15, 0.2) is 0 Å². The number of carbonyl (C=O) groups excluding carboxylic acids is 2. The molecule has 0 aromatic carbocycles. The summed E-state index contributed by atoms with van der Waals surface area (Å²) in [7, 11) is 0. The van der Waals surface area contributed by atoms with Crippen LogP contribution < -0.4 is 16.4 Å². The molecule has 4 N–H and O–H groups in total. The minimum atomic E-state index is -0.795. The van der Waals surface area contributed by atoms with Gasteiger partial charge in [-0.05, 0) is 18.8 Å². The van der Waals surface area contributed by atoms with Crippen molar-refractivity contribution in [2.75, 3.05) is 6.54 Å². The molecule has 1 heterocycles. The Morgan fingerprint density at radius 1 is 1.50 bits per heavy atom. The van der Waals surface area contributed by atoms with Crippen molar-refractivity contribution in [3.8, 4) is 0 Å². The summed E-state index contributed by atoms with van der Waals surface area (Å²) in [6, 6.07) is -0.419. The van der Waals surface area contributed by atoms with Gasteiger partial charge in [0.2, 0.25) is 0 Å². The molecule has 1 saturated heterocycles. The predicted octanol–water partition coefficient (Wildman–Crippen LogP) is -1.07. The second-order valence-corrected chi connectivity index (χ2v) is 3.36. The summed E-state index contributed by atoms with van der Waals surface area (Å²) in [6.45, 7) is 0.190. The standard InChI is InChI=1S/C7H11N3O2/c8-3-7(4-1-2-4)5(11)9-6(12)10-7/h4H,1-3,8H2,(H2,9,10,11,12)/t7-/m1/s1. The van der Waals surface area contributed by atoms with E-state index in [4.69, 9.17) is 5.73 Å². The maximum atomic E-state index is 11.3. The topological polar surface area (TPSA) is 84.2 Å². The third kappa shape index (κ3) is 0.828. The molecule has 0 aromatic rings. The van der Waals surface area contributed by atoms with E-state index < -0.39 is 11.6 Å². The molecule has 1 atom stereocenters. The molecular formula is C7H11N3O2. The number of hydrogen-bond acceptors (Lipinski definition) is 3. The van der Waals surface area contributed by atoms with Gasteiger partial charge >= 0.3 is 6.03 Å². The minimum absolute atomic E-state index is 0.190. The van der Waals surface area contributed by atoms with Gasteiger partial charge in [-0.3, -0.25) is 10.1 Å². The van der Waals surface area contributed by atoms with Crippen molar-refractivity contribution in [3.63, 3.8) is 0 Å². The Balaban J connectivity index is 2.26. The Morgan fingerprint density at radius 2 is 2.17 bits per heavy atom. The first kappa shape index (κ1) is 7.54. The van der Waals surface area contributed by atoms with E-state index in [0.717, 1.165) is 12.8 Å². The molecule has 0 spiro atoms. The SMILES string of the molecule is NC[C@]1(C2CC2)NC(=O)NC1=O. The zero-order valence-corrected chi connectivity index (χ0v) is 6.59. The smallest absolute Gasteiger partial charge is 0.322 e. The van der Waals surface area contributed by atoms with E-state index in [1.165, 1.54) is 0 Å². The van der Waals surface area contributed by atoms with Gasteiger partial charge in [0.15, 0.2) is 0 Å². The van der Waals surface area contributed by atoms with Crippen LogP contribution in [0, 0.1) is 5.92 Å². The highest BCUT2D eigenvalue weighted by Gasteiger charge is 2.54. The van der Waals surface area contributed by atoms with Gasteiger partial charge in [-0.25, -0.2) is 4.79 Å². The van der Waals surface area contributed by atoms with Crippen LogP contribution in [0.5, 0.6) is 0 Å². The van der Waals surface area contributed by atoms with Crippen LogP contribution in [-0.2, 0) is 4.79 Å². The normalized spacial score (nSPS) is 34.8. The van der Waals surface area contributed by atoms with Gasteiger partial charge < -0.3 is 11.1 Å². The molecule has 2 fully saturated rings. The Bertz CT molecular complexity index is 249. The average Bonchev–Trinajstić information content (AvgIpc) is 2.79. The molecule has 5 nitrogen and oxygen atoms in total. The van der Waals surface area contributed by atoms with Crippen molar-refractivity contribution in [1.82, 2.24) is 10.6 Å². The predicted molar refractivity (Wildman–Crippen MR) is 41.2 cm³/mol. The van der Waals surface area contributed by atoms with Gasteiger partial charge in [0.25, 0.3) is 5.91 Å². The van der Waals surface area contributed by atoms with Crippen LogP contribution in [0.3, 0.4) is 0 Å². The largest absolute Gasteiger partial charge is 0.328 e.